The number of hydrogen-bond donors (Lipinski definition) is 1. The summed E-state index contributed by atoms with van der Waals surface area (Å²) in [6.45, 7) is 2.89. The Kier molecular flexibility index (Phi) is 3.85. The highest BCUT2D eigenvalue weighted by Crippen LogP contribution is 2.08. The van der Waals surface area contributed by atoms with Crippen LogP contribution in [0.25, 0.3) is 0 Å². The Balaban J connectivity index is 2.06. The lowest BCUT2D eigenvalue weighted by atomic mass is 10.2. The fourth-order valence-corrected chi connectivity index (χ4v) is 1.89. The Morgan fingerprint density at radius 2 is 2.00 bits per heavy atom. The van der Waals surface area contributed by atoms with Crippen LogP contribution < -0.4 is 16.6 Å². The second kappa shape index (κ2) is 5.56. The summed E-state index contributed by atoms with van der Waals surface area (Å²) in [5.74, 6) is 0. The lowest BCUT2D eigenvalue weighted by Gasteiger charge is -2.09. The highest BCUT2D eigenvalue weighted by atomic mass is 16.2. The number of aryl methyl sites for hydroxylation is 2. The number of benzene rings is 1. The van der Waals surface area contributed by atoms with E-state index >= 15 is 0 Å². The van der Waals surface area contributed by atoms with Crippen molar-refractivity contribution >= 4 is 5.69 Å². The number of rotatable bonds is 4. The van der Waals surface area contributed by atoms with Crippen LogP contribution in [0.2, 0.25) is 0 Å². The predicted molar refractivity (Wildman–Crippen MR) is 75.6 cm³/mol. The van der Waals surface area contributed by atoms with Gasteiger partial charge in [0, 0.05) is 38.1 Å². The van der Waals surface area contributed by atoms with Gasteiger partial charge in [0.05, 0.1) is 0 Å². The van der Waals surface area contributed by atoms with Crippen LogP contribution in [-0.2, 0) is 13.6 Å². The number of anilines is 1. The van der Waals surface area contributed by atoms with Crippen molar-refractivity contribution < 1.29 is 0 Å². The summed E-state index contributed by atoms with van der Waals surface area (Å²) in [5, 5.41) is 3.20. The second-order valence-electron chi connectivity index (χ2n) is 4.50. The zero-order valence-electron chi connectivity index (χ0n) is 11.1. The van der Waals surface area contributed by atoms with Gasteiger partial charge in [-0.25, -0.2) is 4.79 Å². The summed E-state index contributed by atoms with van der Waals surface area (Å²) < 4.78 is 2.62. The molecule has 1 N–H and O–H groups in total. The van der Waals surface area contributed by atoms with E-state index in [-0.39, 0.29) is 11.2 Å². The van der Waals surface area contributed by atoms with Crippen molar-refractivity contribution in [2.45, 2.75) is 13.5 Å². The molecule has 0 amide bonds. The van der Waals surface area contributed by atoms with Crippen molar-refractivity contribution in [3.8, 4) is 0 Å². The highest BCUT2D eigenvalue weighted by molar-refractivity contribution is 5.45. The fraction of sp³-hybridized carbons (Fsp3) is 0.286. The van der Waals surface area contributed by atoms with E-state index in [1.165, 1.54) is 21.4 Å². The molecule has 0 saturated heterocycles. The van der Waals surface area contributed by atoms with Crippen LogP contribution in [0, 0.1) is 6.92 Å². The van der Waals surface area contributed by atoms with E-state index < -0.39 is 0 Å². The van der Waals surface area contributed by atoms with Crippen LogP contribution in [-0.4, -0.2) is 15.7 Å². The maximum absolute atomic E-state index is 11.8. The summed E-state index contributed by atoms with van der Waals surface area (Å²) in [6.07, 6.45) is 1.48. The maximum Gasteiger partial charge on any atom is 0.330 e. The van der Waals surface area contributed by atoms with Crippen molar-refractivity contribution in [1.82, 2.24) is 9.13 Å². The first-order valence-electron chi connectivity index (χ1n) is 6.15. The smallest absolute Gasteiger partial charge is 0.330 e. The molecule has 5 heteroatoms. The Morgan fingerprint density at radius 1 is 1.21 bits per heavy atom. The number of nitrogens with one attached hydrogen (secondary N) is 1. The second-order valence-corrected chi connectivity index (χ2v) is 4.50. The van der Waals surface area contributed by atoms with Crippen molar-refractivity contribution in [3.05, 3.63) is 62.9 Å². The molecule has 0 aliphatic heterocycles. The molecular formula is C14H17N3O2. The largest absolute Gasteiger partial charge is 0.383 e. The molecule has 0 aliphatic carbocycles. The van der Waals surface area contributed by atoms with Gasteiger partial charge in [0.15, 0.2) is 0 Å². The normalized spacial score (nSPS) is 10.4. The van der Waals surface area contributed by atoms with Gasteiger partial charge in [0.2, 0.25) is 0 Å². The van der Waals surface area contributed by atoms with Crippen molar-refractivity contribution in [3.63, 3.8) is 0 Å². The molecule has 19 heavy (non-hydrogen) atoms. The molecule has 100 valence electrons. The standard InChI is InChI=1S/C14H17N3O2/c1-11-4-3-5-12(10-11)15-7-9-17-13(18)6-8-16(2)14(17)19/h3-6,8,10,15H,7,9H2,1-2H3. The van der Waals surface area contributed by atoms with Gasteiger partial charge < -0.3 is 9.88 Å². The predicted octanol–water partition coefficient (Wildman–Crippen LogP) is 0.968. The molecule has 0 unspecified atom stereocenters. The first-order valence-corrected chi connectivity index (χ1v) is 6.15. The average Bonchev–Trinajstić information content (AvgIpc) is 2.38. The van der Waals surface area contributed by atoms with E-state index in [0.717, 1.165) is 11.3 Å². The minimum absolute atomic E-state index is 0.269. The molecule has 0 saturated carbocycles. The lowest BCUT2D eigenvalue weighted by molar-refractivity contribution is 0.607. The molecule has 0 radical (unpaired) electrons. The third-order valence-electron chi connectivity index (χ3n) is 2.92. The van der Waals surface area contributed by atoms with E-state index in [0.29, 0.717) is 13.1 Å². The Bertz CT molecular complexity index is 686. The third kappa shape index (κ3) is 3.13. The van der Waals surface area contributed by atoms with Crippen LogP contribution >= 0.6 is 0 Å². The Morgan fingerprint density at radius 3 is 2.74 bits per heavy atom. The molecule has 5 nitrogen and oxygen atoms in total. The van der Waals surface area contributed by atoms with Crippen molar-refractivity contribution in [1.29, 1.82) is 0 Å². The van der Waals surface area contributed by atoms with Crippen LogP contribution in [0.3, 0.4) is 0 Å². The summed E-state index contributed by atoms with van der Waals surface area (Å²) in [6, 6.07) is 9.35. The minimum atomic E-state index is -0.293. The van der Waals surface area contributed by atoms with Gasteiger partial charge in [0.25, 0.3) is 5.56 Å². The van der Waals surface area contributed by atoms with E-state index in [1.54, 1.807) is 7.05 Å². The van der Waals surface area contributed by atoms with Crippen LogP contribution in [0.5, 0.6) is 0 Å². The van der Waals surface area contributed by atoms with Crippen molar-refractivity contribution in [2.75, 3.05) is 11.9 Å². The first-order chi connectivity index (χ1) is 9.08. The van der Waals surface area contributed by atoms with Crippen LogP contribution in [0.1, 0.15) is 5.56 Å². The molecule has 1 heterocycles. The fourth-order valence-electron chi connectivity index (χ4n) is 1.89. The van der Waals surface area contributed by atoms with E-state index in [4.69, 9.17) is 0 Å². The number of nitrogens with zero attached hydrogens (tertiary/aromatic N) is 2. The summed E-state index contributed by atoms with van der Waals surface area (Å²) in [7, 11) is 1.63. The minimum Gasteiger partial charge on any atom is -0.383 e. The zero-order valence-corrected chi connectivity index (χ0v) is 11.1. The molecule has 1 aromatic heterocycles. The molecule has 0 fully saturated rings. The van der Waals surface area contributed by atoms with Crippen LogP contribution in [0.4, 0.5) is 5.69 Å². The number of hydrogen-bond acceptors (Lipinski definition) is 3. The summed E-state index contributed by atoms with van der Waals surface area (Å²) in [4.78, 5) is 23.4. The first kappa shape index (κ1) is 13.1. The van der Waals surface area contributed by atoms with Gasteiger partial charge >= 0.3 is 5.69 Å². The summed E-state index contributed by atoms with van der Waals surface area (Å²) >= 11 is 0. The Labute approximate surface area is 111 Å². The molecule has 0 aliphatic rings. The van der Waals surface area contributed by atoms with Crippen molar-refractivity contribution in [2.24, 2.45) is 7.05 Å². The molecule has 0 bridgehead atoms. The molecule has 0 atom stereocenters. The SMILES string of the molecule is Cc1cccc(NCCn2c(=O)ccn(C)c2=O)c1. The van der Waals surface area contributed by atoms with E-state index in [1.807, 2.05) is 31.2 Å². The van der Waals surface area contributed by atoms with E-state index in [2.05, 4.69) is 5.32 Å². The zero-order chi connectivity index (χ0) is 13.8. The van der Waals surface area contributed by atoms with Gasteiger partial charge in [-0.2, -0.15) is 0 Å². The molecular weight excluding hydrogens is 242 g/mol. The molecule has 2 rings (SSSR count). The summed E-state index contributed by atoms with van der Waals surface area (Å²) in [5.41, 5.74) is 1.59. The van der Waals surface area contributed by atoms with Gasteiger partial charge in [-0.1, -0.05) is 12.1 Å². The van der Waals surface area contributed by atoms with Gasteiger partial charge in [-0.15, -0.1) is 0 Å². The lowest BCUT2D eigenvalue weighted by Crippen LogP contribution is -2.39. The molecule has 2 aromatic rings. The Hall–Kier alpha value is -2.30. The average molecular weight is 259 g/mol. The monoisotopic (exact) mass is 259 g/mol. The molecule has 0 spiro atoms. The number of aromatic nitrogens is 2. The van der Waals surface area contributed by atoms with E-state index in [9.17, 15) is 9.59 Å². The topological polar surface area (TPSA) is 56.0 Å². The highest BCUT2D eigenvalue weighted by Gasteiger charge is 2.02. The maximum atomic E-state index is 11.8. The van der Waals surface area contributed by atoms with Gasteiger partial charge in [0.1, 0.15) is 0 Å². The van der Waals surface area contributed by atoms with Gasteiger partial charge in [-0.3, -0.25) is 9.36 Å². The van der Waals surface area contributed by atoms with Crippen LogP contribution in [0.15, 0.2) is 46.1 Å². The molecule has 1 aromatic carbocycles. The quantitative estimate of drug-likeness (QED) is 0.890. The van der Waals surface area contributed by atoms with Gasteiger partial charge in [-0.05, 0) is 24.6 Å². The third-order valence-corrected chi connectivity index (χ3v) is 2.92.